The molecule has 156 valence electrons. The van der Waals surface area contributed by atoms with Crippen molar-refractivity contribution in [2.24, 2.45) is 0 Å². The fraction of sp³-hybridized carbons (Fsp3) is 0.364. The molecule has 2 aromatic carbocycles. The van der Waals surface area contributed by atoms with E-state index in [9.17, 15) is 9.59 Å². The molecule has 0 spiro atoms. The SMILES string of the molecule is CCCNC(=O)C(CC)N(Cc1ccccc1)C(=O)COc1ccc(Cl)cc1Br. The molecule has 1 unspecified atom stereocenters. The molecule has 0 saturated heterocycles. The fourth-order valence-electron chi connectivity index (χ4n) is 2.88. The van der Waals surface area contributed by atoms with Crippen LogP contribution < -0.4 is 10.1 Å². The summed E-state index contributed by atoms with van der Waals surface area (Å²) >= 11 is 9.34. The molecule has 7 heteroatoms. The van der Waals surface area contributed by atoms with Crippen LogP contribution in [-0.2, 0) is 16.1 Å². The first-order chi connectivity index (χ1) is 14.0. The predicted octanol–water partition coefficient (Wildman–Crippen LogP) is 4.81. The van der Waals surface area contributed by atoms with Gasteiger partial charge in [0.05, 0.1) is 4.47 Å². The van der Waals surface area contributed by atoms with Crippen LogP contribution in [0.25, 0.3) is 0 Å². The molecule has 5 nitrogen and oxygen atoms in total. The van der Waals surface area contributed by atoms with Gasteiger partial charge in [-0.15, -0.1) is 0 Å². The van der Waals surface area contributed by atoms with Crippen LogP contribution in [0.2, 0.25) is 5.02 Å². The molecule has 0 bridgehead atoms. The van der Waals surface area contributed by atoms with E-state index in [0.29, 0.717) is 34.8 Å². The summed E-state index contributed by atoms with van der Waals surface area (Å²) in [5.41, 5.74) is 0.954. The molecule has 2 rings (SSSR count). The summed E-state index contributed by atoms with van der Waals surface area (Å²) in [6.45, 7) is 4.63. The number of hydrogen-bond donors (Lipinski definition) is 1. The van der Waals surface area contributed by atoms with Gasteiger partial charge in [-0.1, -0.05) is 55.8 Å². The van der Waals surface area contributed by atoms with E-state index < -0.39 is 6.04 Å². The third-order valence-corrected chi connectivity index (χ3v) is 5.23. The molecule has 0 aliphatic rings. The number of nitrogens with one attached hydrogen (secondary N) is 1. The minimum absolute atomic E-state index is 0.147. The van der Waals surface area contributed by atoms with Crippen molar-refractivity contribution in [2.45, 2.75) is 39.3 Å². The average Bonchev–Trinajstić information content (AvgIpc) is 2.72. The second kappa shape index (κ2) is 11.8. The van der Waals surface area contributed by atoms with E-state index in [0.717, 1.165) is 12.0 Å². The first-order valence-corrected chi connectivity index (χ1v) is 10.8. The molecule has 0 saturated carbocycles. The molecule has 2 aromatic rings. The maximum absolute atomic E-state index is 13.1. The zero-order chi connectivity index (χ0) is 21.2. The molecule has 0 fully saturated rings. The summed E-state index contributed by atoms with van der Waals surface area (Å²) in [4.78, 5) is 27.3. The van der Waals surface area contributed by atoms with Gasteiger partial charge >= 0.3 is 0 Å². The van der Waals surface area contributed by atoms with E-state index in [2.05, 4.69) is 21.2 Å². The third-order valence-electron chi connectivity index (χ3n) is 4.38. The monoisotopic (exact) mass is 480 g/mol. The maximum Gasteiger partial charge on any atom is 0.261 e. The fourth-order valence-corrected chi connectivity index (χ4v) is 3.68. The van der Waals surface area contributed by atoms with Crippen molar-refractivity contribution in [2.75, 3.05) is 13.2 Å². The van der Waals surface area contributed by atoms with Gasteiger partial charge in [-0.25, -0.2) is 0 Å². The molecule has 29 heavy (non-hydrogen) atoms. The van der Waals surface area contributed by atoms with Gasteiger partial charge in [-0.2, -0.15) is 0 Å². The Balaban J connectivity index is 2.17. The van der Waals surface area contributed by atoms with Gasteiger partial charge in [-0.3, -0.25) is 9.59 Å². The number of benzene rings is 2. The number of carbonyl (C=O) groups excluding carboxylic acids is 2. The zero-order valence-electron chi connectivity index (χ0n) is 16.7. The summed E-state index contributed by atoms with van der Waals surface area (Å²) in [5, 5.41) is 3.47. The van der Waals surface area contributed by atoms with Crippen LogP contribution in [0.5, 0.6) is 5.75 Å². The normalized spacial score (nSPS) is 11.6. The molecule has 2 amide bonds. The van der Waals surface area contributed by atoms with Gasteiger partial charge in [0.25, 0.3) is 5.91 Å². The van der Waals surface area contributed by atoms with E-state index in [1.807, 2.05) is 44.2 Å². The smallest absolute Gasteiger partial charge is 0.261 e. The van der Waals surface area contributed by atoms with E-state index in [4.69, 9.17) is 16.3 Å². The lowest BCUT2D eigenvalue weighted by molar-refractivity contribution is -0.143. The molecular formula is C22H26BrClN2O3. The van der Waals surface area contributed by atoms with E-state index in [1.54, 1.807) is 23.1 Å². The number of nitrogens with zero attached hydrogens (tertiary/aromatic N) is 1. The largest absolute Gasteiger partial charge is 0.483 e. The number of carbonyl (C=O) groups is 2. The molecule has 1 atom stereocenters. The van der Waals surface area contributed by atoms with Gasteiger partial charge in [0.15, 0.2) is 6.61 Å². The summed E-state index contributed by atoms with van der Waals surface area (Å²) in [7, 11) is 0. The van der Waals surface area contributed by atoms with Crippen molar-refractivity contribution in [3.05, 3.63) is 63.6 Å². The number of ether oxygens (including phenoxy) is 1. The van der Waals surface area contributed by atoms with E-state index >= 15 is 0 Å². The molecule has 0 aliphatic heterocycles. The number of rotatable bonds is 10. The zero-order valence-corrected chi connectivity index (χ0v) is 19.0. The lowest BCUT2D eigenvalue weighted by Gasteiger charge is -2.30. The predicted molar refractivity (Wildman–Crippen MR) is 119 cm³/mol. The highest BCUT2D eigenvalue weighted by Crippen LogP contribution is 2.28. The van der Waals surface area contributed by atoms with Gasteiger partial charge in [0.1, 0.15) is 11.8 Å². The molecule has 1 N–H and O–H groups in total. The Morgan fingerprint density at radius 1 is 1.17 bits per heavy atom. The van der Waals surface area contributed by atoms with E-state index in [-0.39, 0.29) is 18.4 Å². The molecule has 0 aromatic heterocycles. The average molecular weight is 482 g/mol. The van der Waals surface area contributed by atoms with Crippen molar-refractivity contribution in [1.29, 1.82) is 0 Å². The number of amides is 2. The highest BCUT2D eigenvalue weighted by molar-refractivity contribution is 9.10. The minimum atomic E-state index is -0.563. The summed E-state index contributed by atoms with van der Waals surface area (Å²) < 4.78 is 6.37. The third kappa shape index (κ3) is 7.05. The van der Waals surface area contributed by atoms with Crippen molar-refractivity contribution in [3.8, 4) is 5.75 Å². The second-order valence-electron chi connectivity index (χ2n) is 6.59. The van der Waals surface area contributed by atoms with Crippen molar-refractivity contribution < 1.29 is 14.3 Å². The first-order valence-electron chi connectivity index (χ1n) is 9.65. The maximum atomic E-state index is 13.1. The Bertz CT molecular complexity index is 817. The van der Waals surface area contributed by atoms with Crippen LogP contribution in [-0.4, -0.2) is 35.9 Å². The van der Waals surface area contributed by atoms with Crippen molar-refractivity contribution >= 4 is 39.3 Å². The molecule has 0 heterocycles. The van der Waals surface area contributed by atoms with Gasteiger partial charge < -0.3 is 15.0 Å². The minimum Gasteiger partial charge on any atom is -0.483 e. The highest BCUT2D eigenvalue weighted by atomic mass is 79.9. The Hall–Kier alpha value is -2.05. The Morgan fingerprint density at radius 3 is 2.52 bits per heavy atom. The molecule has 0 radical (unpaired) electrons. The first kappa shape index (κ1) is 23.2. The van der Waals surface area contributed by atoms with Crippen LogP contribution in [0.1, 0.15) is 32.3 Å². The standard InChI is InChI=1S/C22H26BrClN2O3/c1-3-12-25-22(28)19(4-2)26(14-16-8-6-5-7-9-16)21(27)15-29-20-11-10-17(24)13-18(20)23/h5-11,13,19H,3-4,12,14-15H2,1-2H3,(H,25,28). The van der Waals surface area contributed by atoms with Crippen LogP contribution >= 0.6 is 27.5 Å². The van der Waals surface area contributed by atoms with E-state index in [1.165, 1.54) is 0 Å². The van der Waals surface area contributed by atoms with Crippen LogP contribution in [0.3, 0.4) is 0 Å². The van der Waals surface area contributed by atoms with Gasteiger partial charge in [0, 0.05) is 18.1 Å². The Labute approximate surface area is 185 Å². The van der Waals surface area contributed by atoms with Gasteiger partial charge in [0.2, 0.25) is 5.91 Å². The molecule has 0 aliphatic carbocycles. The topological polar surface area (TPSA) is 58.6 Å². The highest BCUT2D eigenvalue weighted by Gasteiger charge is 2.28. The van der Waals surface area contributed by atoms with Crippen molar-refractivity contribution in [1.82, 2.24) is 10.2 Å². The second-order valence-corrected chi connectivity index (χ2v) is 7.88. The van der Waals surface area contributed by atoms with Gasteiger partial charge in [-0.05, 0) is 52.5 Å². The van der Waals surface area contributed by atoms with Crippen LogP contribution in [0, 0.1) is 0 Å². The Morgan fingerprint density at radius 2 is 1.90 bits per heavy atom. The van der Waals surface area contributed by atoms with Crippen LogP contribution in [0.4, 0.5) is 0 Å². The number of halogens is 2. The summed E-state index contributed by atoms with van der Waals surface area (Å²) in [5.74, 6) is 0.117. The quantitative estimate of drug-likeness (QED) is 0.529. The molecular weight excluding hydrogens is 456 g/mol. The lowest BCUT2D eigenvalue weighted by Crippen LogP contribution is -2.50. The van der Waals surface area contributed by atoms with Crippen molar-refractivity contribution in [3.63, 3.8) is 0 Å². The Kier molecular flexibility index (Phi) is 9.48. The van der Waals surface area contributed by atoms with Crippen LogP contribution in [0.15, 0.2) is 53.0 Å². The summed E-state index contributed by atoms with van der Waals surface area (Å²) in [6.07, 6.45) is 1.35. The number of hydrogen-bond acceptors (Lipinski definition) is 3. The summed E-state index contributed by atoms with van der Waals surface area (Å²) in [6, 6.07) is 14.2. The lowest BCUT2D eigenvalue weighted by atomic mass is 10.1.